The monoisotopic (exact) mass is 440 g/mol. The van der Waals surface area contributed by atoms with Crippen LogP contribution in [0.3, 0.4) is 0 Å². The SMILES string of the molecule is COc1ccccc1CCC(=O)N1CCn2c(nnc2C2CCN(C(=O)N(C)C)CC2)C1. The molecule has 0 unspecified atom stereocenters. The van der Waals surface area contributed by atoms with Crippen LogP contribution in [0.4, 0.5) is 4.79 Å². The van der Waals surface area contributed by atoms with Crippen molar-refractivity contribution in [2.45, 2.75) is 44.7 Å². The first-order valence-electron chi connectivity index (χ1n) is 11.3. The number of hydrogen-bond acceptors (Lipinski definition) is 5. The summed E-state index contributed by atoms with van der Waals surface area (Å²) in [7, 11) is 5.22. The molecule has 0 spiro atoms. The first kappa shape index (κ1) is 22.1. The lowest BCUT2D eigenvalue weighted by atomic mass is 9.96. The molecule has 1 aromatic carbocycles. The van der Waals surface area contributed by atoms with Crippen molar-refractivity contribution in [3.8, 4) is 5.75 Å². The van der Waals surface area contributed by atoms with Gasteiger partial charge in [-0.2, -0.15) is 0 Å². The fourth-order valence-electron chi connectivity index (χ4n) is 4.62. The number of rotatable bonds is 5. The van der Waals surface area contributed by atoms with Gasteiger partial charge in [-0.3, -0.25) is 4.79 Å². The van der Waals surface area contributed by atoms with Gasteiger partial charge in [0.15, 0.2) is 5.82 Å². The van der Waals surface area contributed by atoms with Crippen LogP contribution in [0, 0.1) is 0 Å². The van der Waals surface area contributed by atoms with Crippen LogP contribution in [-0.2, 0) is 24.3 Å². The topological polar surface area (TPSA) is 83.8 Å². The number of ether oxygens (including phenoxy) is 1. The Hall–Kier alpha value is -3.10. The number of benzene rings is 1. The smallest absolute Gasteiger partial charge is 0.319 e. The minimum Gasteiger partial charge on any atom is -0.496 e. The fourth-order valence-corrected chi connectivity index (χ4v) is 4.62. The van der Waals surface area contributed by atoms with Gasteiger partial charge in [-0.1, -0.05) is 18.2 Å². The number of piperidine rings is 1. The predicted octanol–water partition coefficient (Wildman–Crippen LogP) is 2.12. The predicted molar refractivity (Wildman–Crippen MR) is 119 cm³/mol. The summed E-state index contributed by atoms with van der Waals surface area (Å²) in [5, 5.41) is 8.88. The van der Waals surface area contributed by atoms with E-state index >= 15 is 0 Å². The maximum absolute atomic E-state index is 12.8. The van der Waals surface area contributed by atoms with Gasteiger partial charge in [0, 0.05) is 52.6 Å². The van der Waals surface area contributed by atoms with Gasteiger partial charge in [-0.05, 0) is 30.9 Å². The fraction of sp³-hybridized carbons (Fsp3) is 0.565. The van der Waals surface area contributed by atoms with E-state index in [-0.39, 0.29) is 11.9 Å². The Labute approximate surface area is 188 Å². The minimum absolute atomic E-state index is 0.0639. The van der Waals surface area contributed by atoms with E-state index in [0.717, 1.165) is 55.4 Å². The number of methoxy groups -OCH3 is 1. The van der Waals surface area contributed by atoms with Crippen molar-refractivity contribution >= 4 is 11.9 Å². The van der Waals surface area contributed by atoms with Gasteiger partial charge in [0.1, 0.15) is 11.6 Å². The second-order valence-electron chi connectivity index (χ2n) is 8.69. The molecule has 9 heteroatoms. The Morgan fingerprint density at radius 1 is 1.06 bits per heavy atom. The highest BCUT2D eigenvalue weighted by Crippen LogP contribution is 2.29. The second kappa shape index (κ2) is 9.58. The van der Waals surface area contributed by atoms with Gasteiger partial charge in [0.05, 0.1) is 13.7 Å². The molecule has 9 nitrogen and oxygen atoms in total. The summed E-state index contributed by atoms with van der Waals surface area (Å²) < 4.78 is 7.57. The molecule has 32 heavy (non-hydrogen) atoms. The molecule has 0 atom stereocenters. The number of carbonyl (C=O) groups excluding carboxylic acids is 2. The van der Waals surface area contributed by atoms with Gasteiger partial charge in [-0.15, -0.1) is 10.2 Å². The number of nitrogens with zero attached hydrogens (tertiary/aromatic N) is 6. The third-order valence-corrected chi connectivity index (χ3v) is 6.45. The van der Waals surface area contributed by atoms with Crippen molar-refractivity contribution in [3.05, 3.63) is 41.5 Å². The number of likely N-dealkylation sites (tertiary alicyclic amines) is 1. The van der Waals surface area contributed by atoms with E-state index in [1.807, 2.05) is 34.1 Å². The first-order chi connectivity index (χ1) is 15.5. The number of fused-ring (bicyclic) bond motifs is 1. The van der Waals surface area contributed by atoms with Crippen molar-refractivity contribution in [3.63, 3.8) is 0 Å². The molecule has 0 N–H and O–H groups in total. The molecule has 1 fully saturated rings. The van der Waals surface area contributed by atoms with E-state index in [4.69, 9.17) is 4.74 Å². The molecule has 2 aliphatic rings. The molecule has 172 valence electrons. The van der Waals surface area contributed by atoms with Crippen LogP contribution in [0.5, 0.6) is 5.75 Å². The molecule has 4 rings (SSSR count). The highest BCUT2D eigenvalue weighted by atomic mass is 16.5. The van der Waals surface area contributed by atoms with Crippen molar-refractivity contribution in [1.29, 1.82) is 0 Å². The molecule has 0 bridgehead atoms. The Kier molecular flexibility index (Phi) is 6.62. The Balaban J connectivity index is 1.34. The van der Waals surface area contributed by atoms with Crippen LogP contribution in [0.1, 0.15) is 42.4 Å². The standard InChI is InChI=1S/C23H32N6O3/c1-26(2)23(31)27-12-10-18(11-13-27)22-25-24-20-16-28(14-15-29(20)22)21(30)9-8-17-6-4-5-7-19(17)32-3/h4-7,18H,8-16H2,1-3H3. The van der Waals surface area contributed by atoms with Crippen molar-refractivity contribution < 1.29 is 14.3 Å². The molecule has 0 saturated carbocycles. The van der Waals surface area contributed by atoms with Crippen LogP contribution in [0.25, 0.3) is 0 Å². The zero-order chi connectivity index (χ0) is 22.7. The average molecular weight is 441 g/mol. The van der Waals surface area contributed by atoms with Gasteiger partial charge >= 0.3 is 6.03 Å². The first-order valence-corrected chi connectivity index (χ1v) is 11.3. The van der Waals surface area contributed by atoms with E-state index in [1.165, 1.54) is 0 Å². The normalized spacial score (nSPS) is 16.6. The molecule has 0 radical (unpaired) electrons. The lowest BCUT2D eigenvalue weighted by molar-refractivity contribution is -0.132. The summed E-state index contributed by atoms with van der Waals surface area (Å²) in [6.45, 7) is 3.35. The lowest BCUT2D eigenvalue weighted by Gasteiger charge is -2.34. The summed E-state index contributed by atoms with van der Waals surface area (Å²) in [5.74, 6) is 3.10. The number of carbonyl (C=O) groups is 2. The highest BCUT2D eigenvalue weighted by molar-refractivity contribution is 5.76. The molecule has 3 heterocycles. The van der Waals surface area contributed by atoms with Crippen molar-refractivity contribution in [1.82, 2.24) is 29.5 Å². The van der Waals surface area contributed by atoms with Crippen molar-refractivity contribution in [2.24, 2.45) is 0 Å². The van der Waals surface area contributed by atoms with Gasteiger partial charge in [0.25, 0.3) is 0 Å². The van der Waals surface area contributed by atoms with Crippen LogP contribution < -0.4 is 4.74 Å². The quantitative estimate of drug-likeness (QED) is 0.711. The third-order valence-electron chi connectivity index (χ3n) is 6.45. The summed E-state index contributed by atoms with van der Waals surface area (Å²) >= 11 is 0. The van der Waals surface area contributed by atoms with E-state index in [9.17, 15) is 9.59 Å². The number of hydrogen-bond donors (Lipinski definition) is 0. The molecule has 3 amide bonds. The Bertz CT molecular complexity index is 964. The summed E-state index contributed by atoms with van der Waals surface area (Å²) in [6.07, 6.45) is 2.87. The number of aryl methyl sites for hydroxylation is 1. The number of para-hydroxylation sites is 1. The second-order valence-corrected chi connectivity index (χ2v) is 8.69. The maximum atomic E-state index is 12.8. The molecule has 0 aliphatic carbocycles. The Morgan fingerprint density at radius 2 is 1.81 bits per heavy atom. The molecule has 1 aromatic heterocycles. The highest BCUT2D eigenvalue weighted by Gasteiger charge is 2.31. The molecule has 1 saturated heterocycles. The van der Waals surface area contributed by atoms with Gasteiger partial charge in [0.2, 0.25) is 5.91 Å². The van der Waals surface area contributed by atoms with Gasteiger partial charge < -0.3 is 24.0 Å². The average Bonchev–Trinajstić information content (AvgIpc) is 3.25. The van der Waals surface area contributed by atoms with Crippen LogP contribution in [0.2, 0.25) is 0 Å². The van der Waals surface area contributed by atoms with E-state index in [2.05, 4.69) is 14.8 Å². The molecular weight excluding hydrogens is 408 g/mol. The number of urea groups is 1. The van der Waals surface area contributed by atoms with E-state index in [1.54, 1.807) is 26.1 Å². The zero-order valence-corrected chi connectivity index (χ0v) is 19.2. The lowest BCUT2D eigenvalue weighted by Crippen LogP contribution is -2.44. The third kappa shape index (κ3) is 4.56. The molecular formula is C23H32N6O3. The Morgan fingerprint density at radius 3 is 2.53 bits per heavy atom. The van der Waals surface area contributed by atoms with Crippen LogP contribution in [0.15, 0.2) is 24.3 Å². The van der Waals surface area contributed by atoms with Crippen molar-refractivity contribution in [2.75, 3.05) is 40.8 Å². The van der Waals surface area contributed by atoms with Gasteiger partial charge in [-0.25, -0.2) is 4.79 Å². The summed E-state index contributed by atoms with van der Waals surface area (Å²) in [5.41, 5.74) is 1.05. The minimum atomic E-state index is 0.0639. The van der Waals surface area contributed by atoms with E-state index < -0.39 is 0 Å². The number of aromatic nitrogens is 3. The summed E-state index contributed by atoms with van der Waals surface area (Å²) in [4.78, 5) is 30.4. The van der Waals surface area contributed by atoms with E-state index in [0.29, 0.717) is 31.8 Å². The zero-order valence-electron chi connectivity index (χ0n) is 19.2. The maximum Gasteiger partial charge on any atom is 0.319 e. The molecule has 2 aliphatic heterocycles. The van der Waals surface area contributed by atoms with Crippen LogP contribution >= 0.6 is 0 Å². The summed E-state index contributed by atoms with van der Waals surface area (Å²) in [6, 6.07) is 7.89. The van der Waals surface area contributed by atoms with Crippen LogP contribution in [-0.4, -0.2) is 82.2 Å². The largest absolute Gasteiger partial charge is 0.496 e. The number of amides is 3. The molecule has 2 aromatic rings.